The average Bonchev–Trinajstić information content (AvgIpc) is 3.44. The predicted octanol–water partition coefficient (Wildman–Crippen LogP) is 4.70. The minimum atomic E-state index is -0.176. The molecule has 0 spiro atoms. The topological polar surface area (TPSA) is 157 Å². The molecule has 1 aromatic rings. The van der Waals surface area contributed by atoms with Crippen molar-refractivity contribution < 1.29 is 29.3 Å². The SMILES string of the molecule is CCCC(=CC(=O)CCc1cc(OC2CCCC2)c(O)c([C@H](CCC(C)=O)[C@H](CCCN=C(N)N)COC)c1)CO. The number of methoxy groups -OCH3 is 1. The minimum Gasteiger partial charge on any atom is -0.504 e. The number of phenolic OH excluding ortho intramolecular Hbond substituents is 1. The highest BCUT2D eigenvalue weighted by atomic mass is 16.5. The molecule has 9 nitrogen and oxygen atoms in total. The van der Waals surface area contributed by atoms with Crippen molar-refractivity contribution in [3.8, 4) is 11.5 Å². The van der Waals surface area contributed by atoms with Crippen molar-refractivity contribution in [2.75, 3.05) is 26.9 Å². The molecule has 0 bridgehead atoms. The molecule has 1 saturated carbocycles. The van der Waals surface area contributed by atoms with E-state index in [1.807, 2.05) is 19.1 Å². The zero-order chi connectivity index (χ0) is 30.2. The van der Waals surface area contributed by atoms with Gasteiger partial charge in [0.1, 0.15) is 5.78 Å². The minimum absolute atomic E-state index is 0.000231. The summed E-state index contributed by atoms with van der Waals surface area (Å²) in [6.07, 6.45) is 10.3. The highest BCUT2D eigenvalue weighted by Gasteiger charge is 2.29. The average molecular weight is 574 g/mol. The fourth-order valence-corrected chi connectivity index (χ4v) is 5.66. The summed E-state index contributed by atoms with van der Waals surface area (Å²) in [5.74, 6) is 0.431. The van der Waals surface area contributed by atoms with Gasteiger partial charge in [-0.05, 0) is 99.8 Å². The molecule has 1 aliphatic carbocycles. The molecule has 0 amide bonds. The molecule has 0 saturated heterocycles. The number of hydrogen-bond donors (Lipinski definition) is 4. The Balaban J connectivity index is 2.45. The number of nitrogens with zero attached hydrogens (tertiary/aromatic N) is 1. The van der Waals surface area contributed by atoms with Crippen molar-refractivity contribution in [1.29, 1.82) is 0 Å². The molecule has 2 rings (SSSR count). The number of ketones is 2. The molecule has 9 heteroatoms. The number of carbonyl (C=O) groups is 2. The number of aryl methyl sites for hydroxylation is 1. The molecular weight excluding hydrogens is 522 g/mol. The molecule has 1 fully saturated rings. The Labute approximate surface area is 245 Å². The molecule has 0 aromatic heterocycles. The number of allylic oxidation sites excluding steroid dienone is 1. The van der Waals surface area contributed by atoms with Gasteiger partial charge in [0.05, 0.1) is 12.7 Å². The van der Waals surface area contributed by atoms with Crippen molar-refractivity contribution in [3.05, 3.63) is 34.9 Å². The number of aliphatic hydroxyl groups excluding tert-OH is 1. The third-order valence-corrected chi connectivity index (χ3v) is 7.74. The van der Waals surface area contributed by atoms with Crippen LogP contribution < -0.4 is 16.2 Å². The Kier molecular flexibility index (Phi) is 15.5. The van der Waals surface area contributed by atoms with Crippen LogP contribution in [0.25, 0.3) is 0 Å². The van der Waals surface area contributed by atoms with Gasteiger partial charge >= 0.3 is 0 Å². The van der Waals surface area contributed by atoms with Gasteiger partial charge < -0.3 is 35.9 Å². The van der Waals surface area contributed by atoms with Gasteiger partial charge in [-0.15, -0.1) is 0 Å². The van der Waals surface area contributed by atoms with Crippen LogP contribution in [0.2, 0.25) is 0 Å². The monoisotopic (exact) mass is 573 g/mol. The fourth-order valence-electron chi connectivity index (χ4n) is 5.66. The number of aliphatic hydroxyl groups is 1. The van der Waals surface area contributed by atoms with Gasteiger partial charge in [0, 0.05) is 38.7 Å². The van der Waals surface area contributed by atoms with E-state index >= 15 is 0 Å². The smallest absolute Gasteiger partial charge is 0.185 e. The number of phenols is 1. The molecule has 1 aromatic carbocycles. The summed E-state index contributed by atoms with van der Waals surface area (Å²) < 4.78 is 11.9. The van der Waals surface area contributed by atoms with Gasteiger partial charge in [-0.25, -0.2) is 0 Å². The first kappa shape index (κ1) is 34.3. The number of carbonyl (C=O) groups excluding carboxylic acids is 2. The second-order valence-electron chi connectivity index (χ2n) is 11.2. The lowest BCUT2D eigenvalue weighted by Crippen LogP contribution is -2.23. The van der Waals surface area contributed by atoms with E-state index in [2.05, 4.69) is 4.99 Å². The zero-order valence-electron chi connectivity index (χ0n) is 25.2. The molecule has 0 unspecified atom stereocenters. The van der Waals surface area contributed by atoms with Crippen molar-refractivity contribution in [2.45, 2.75) is 103 Å². The van der Waals surface area contributed by atoms with Crippen LogP contribution in [0.4, 0.5) is 0 Å². The number of Topliss-reactive ketones (excluding diaryl/α,β-unsaturated/α-hetero) is 1. The molecule has 0 aliphatic heterocycles. The van der Waals surface area contributed by atoms with Crippen LogP contribution >= 0.6 is 0 Å². The Morgan fingerprint density at radius 1 is 1.15 bits per heavy atom. The first-order valence-corrected chi connectivity index (χ1v) is 15.1. The van der Waals surface area contributed by atoms with Crippen LogP contribution in [0.5, 0.6) is 11.5 Å². The van der Waals surface area contributed by atoms with Crippen LogP contribution in [0.3, 0.4) is 0 Å². The molecule has 1 aliphatic rings. The molecular formula is C32H51N3O6. The number of rotatable bonds is 20. The molecule has 230 valence electrons. The summed E-state index contributed by atoms with van der Waals surface area (Å²) in [5, 5.41) is 21.1. The van der Waals surface area contributed by atoms with Crippen LogP contribution in [0.15, 0.2) is 28.8 Å². The number of hydrogen-bond acceptors (Lipinski definition) is 7. The van der Waals surface area contributed by atoms with Gasteiger partial charge in [-0.2, -0.15) is 0 Å². The highest BCUT2D eigenvalue weighted by Crippen LogP contribution is 2.44. The number of ether oxygens (including phenoxy) is 2. The van der Waals surface area contributed by atoms with Gasteiger partial charge in [-0.1, -0.05) is 19.4 Å². The lowest BCUT2D eigenvalue weighted by molar-refractivity contribution is -0.117. The van der Waals surface area contributed by atoms with E-state index in [1.165, 1.54) is 0 Å². The third kappa shape index (κ3) is 12.2. The molecule has 0 heterocycles. The number of guanidine groups is 1. The second kappa shape index (κ2) is 18.5. The molecule has 2 atom stereocenters. The molecule has 6 N–H and O–H groups in total. The van der Waals surface area contributed by atoms with E-state index in [4.69, 9.17) is 20.9 Å². The van der Waals surface area contributed by atoms with Gasteiger partial charge in [-0.3, -0.25) is 9.79 Å². The number of aliphatic imine (C=N–C) groups is 1. The largest absolute Gasteiger partial charge is 0.504 e. The number of nitrogens with two attached hydrogens (primary N) is 2. The maximum Gasteiger partial charge on any atom is 0.185 e. The lowest BCUT2D eigenvalue weighted by Gasteiger charge is -2.29. The molecule has 0 radical (unpaired) electrons. The Bertz CT molecular complexity index is 1030. The van der Waals surface area contributed by atoms with Crippen molar-refractivity contribution in [1.82, 2.24) is 0 Å². The summed E-state index contributed by atoms with van der Waals surface area (Å²) in [7, 11) is 1.65. The van der Waals surface area contributed by atoms with Crippen molar-refractivity contribution >= 4 is 17.5 Å². The predicted molar refractivity (Wildman–Crippen MR) is 162 cm³/mol. The number of benzene rings is 1. The zero-order valence-corrected chi connectivity index (χ0v) is 25.2. The van der Waals surface area contributed by atoms with E-state index in [0.29, 0.717) is 50.1 Å². The Morgan fingerprint density at radius 2 is 1.88 bits per heavy atom. The summed E-state index contributed by atoms with van der Waals surface area (Å²) >= 11 is 0. The molecule has 41 heavy (non-hydrogen) atoms. The van der Waals surface area contributed by atoms with Gasteiger partial charge in [0.15, 0.2) is 23.2 Å². The van der Waals surface area contributed by atoms with Crippen molar-refractivity contribution in [3.63, 3.8) is 0 Å². The maximum absolute atomic E-state index is 12.7. The summed E-state index contributed by atoms with van der Waals surface area (Å²) in [4.78, 5) is 28.9. The maximum atomic E-state index is 12.7. The second-order valence-corrected chi connectivity index (χ2v) is 11.2. The first-order valence-electron chi connectivity index (χ1n) is 15.1. The van der Waals surface area contributed by atoms with Gasteiger partial charge in [0.25, 0.3) is 0 Å². The van der Waals surface area contributed by atoms with E-state index in [0.717, 1.165) is 56.1 Å². The first-order chi connectivity index (χ1) is 19.7. The van der Waals surface area contributed by atoms with Crippen LogP contribution in [-0.2, 0) is 20.7 Å². The Hall–Kier alpha value is -2.91. The van der Waals surface area contributed by atoms with Crippen molar-refractivity contribution in [2.24, 2.45) is 22.4 Å². The van der Waals surface area contributed by atoms with Crippen LogP contribution in [0, 0.1) is 5.92 Å². The normalized spacial score (nSPS) is 15.5. The van der Waals surface area contributed by atoms with Crippen LogP contribution in [0.1, 0.15) is 102 Å². The third-order valence-electron chi connectivity index (χ3n) is 7.74. The van der Waals surface area contributed by atoms with Gasteiger partial charge in [0.2, 0.25) is 0 Å². The quantitative estimate of drug-likeness (QED) is 0.0756. The van der Waals surface area contributed by atoms with E-state index in [9.17, 15) is 19.8 Å². The Morgan fingerprint density at radius 3 is 2.49 bits per heavy atom. The fraction of sp³-hybridized carbons (Fsp3) is 0.656. The van der Waals surface area contributed by atoms with E-state index in [-0.39, 0.29) is 54.2 Å². The highest BCUT2D eigenvalue weighted by molar-refractivity contribution is 5.90. The summed E-state index contributed by atoms with van der Waals surface area (Å²) in [5.41, 5.74) is 13.3. The lowest BCUT2D eigenvalue weighted by atomic mass is 9.79. The van der Waals surface area contributed by atoms with Crippen LogP contribution in [-0.4, -0.2) is 60.7 Å². The van der Waals surface area contributed by atoms with E-state index in [1.54, 1.807) is 20.1 Å². The number of aromatic hydroxyl groups is 1. The van der Waals surface area contributed by atoms with E-state index < -0.39 is 0 Å². The summed E-state index contributed by atoms with van der Waals surface area (Å²) in [6.45, 7) is 4.39. The standard InChI is InChI=1S/C32H51N3O6/c1-4-8-24(20-36)17-26(38)14-13-23-18-29(31(39)30(19-23)41-27-10-5-6-11-27)28(15-12-22(2)37)25(21-40-3)9-7-16-35-32(33)34/h17-19,25,27-28,36,39H,4-16,20-21H2,1-3H3,(H4,33,34,35)/t25-,28-/m1/s1. The summed E-state index contributed by atoms with van der Waals surface area (Å²) in [6, 6.07) is 3.80.